The molecule has 0 aromatic heterocycles. The molecule has 3 aromatic carbocycles. The van der Waals surface area contributed by atoms with Crippen LogP contribution in [0.15, 0.2) is 66.7 Å². The molecule has 4 N–H and O–H groups in total. The molecule has 0 spiro atoms. The molecule has 3 amide bonds. The van der Waals surface area contributed by atoms with Gasteiger partial charge in [-0.05, 0) is 92.8 Å². The lowest BCUT2D eigenvalue weighted by Gasteiger charge is -2.28. The topological polar surface area (TPSA) is 117 Å². The fraction of sp³-hybridized carbons (Fsp3) is 0.364. The van der Waals surface area contributed by atoms with Crippen LogP contribution in [0.5, 0.6) is 5.75 Å². The van der Waals surface area contributed by atoms with Crippen LogP contribution in [0.3, 0.4) is 0 Å². The highest BCUT2D eigenvalue weighted by molar-refractivity contribution is 6.07. The number of hydrogen-bond acceptors (Lipinski definition) is 6. The molecule has 0 bridgehead atoms. The number of hydrogen-bond donors (Lipinski definition) is 3. The zero-order valence-electron chi connectivity index (χ0n) is 24.4. The second-order valence-corrected chi connectivity index (χ2v) is 11.1. The monoisotopic (exact) mass is 587 g/mol. The predicted molar refractivity (Wildman–Crippen MR) is 164 cm³/mol. The standard InChI is InChI=1S/C33H38FN5O4/c1-43-28-5-2-4-23(20-28)32(41)37-29-21-24(31(40)36-27-13-11-26(35)12-14-27)8-15-30(29)38-16-3-17-39(19-18-38)33(42)22-6-9-25(34)10-7-22/h2,4-10,15,20-21,26-27H,3,11-14,16-19,35H2,1H3,(H,36,40)(H,37,41). The quantitative estimate of drug-likeness (QED) is 0.377. The van der Waals surface area contributed by atoms with Gasteiger partial charge in [0, 0.05) is 55.0 Å². The van der Waals surface area contributed by atoms with E-state index in [1.54, 1.807) is 48.4 Å². The van der Waals surface area contributed by atoms with Gasteiger partial charge in [-0.3, -0.25) is 14.4 Å². The summed E-state index contributed by atoms with van der Waals surface area (Å²) in [5.74, 6) is -0.504. The molecule has 1 saturated heterocycles. The molecular weight excluding hydrogens is 549 g/mol. The molecule has 0 radical (unpaired) electrons. The minimum Gasteiger partial charge on any atom is -0.497 e. The first-order chi connectivity index (χ1) is 20.8. The number of anilines is 2. The molecule has 3 aromatic rings. The first kappa shape index (κ1) is 30.0. The van der Waals surface area contributed by atoms with E-state index < -0.39 is 0 Å². The maximum Gasteiger partial charge on any atom is 0.255 e. The normalized spacial score (nSPS) is 18.9. The molecule has 0 unspecified atom stereocenters. The Kier molecular flexibility index (Phi) is 9.56. The highest BCUT2D eigenvalue weighted by Crippen LogP contribution is 2.30. The molecule has 0 atom stereocenters. The molecule has 2 aliphatic rings. The second-order valence-electron chi connectivity index (χ2n) is 11.1. The van der Waals surface area contributed by atoms with Crippen molar-refractivity contribution in [3.05, 3.63) is 89.2 Å². The van der Waals surface area contributed by atoms with Gasteiger partial charge in [0.25, 0.3) is 17.7 Å². The second kappa shape index (κ2) is 13.7. The minimum atomic E-state index is -0.387. The number of rotatable bonds is 7. The molecule has 10 heteroatoms. The Hall–Kier alpha value is -4.44. The van der Waals surface area contributed by atoms with Gasteiger partial charge >= 0.3 is 0 Å². The van der Waals surface area contributed by atoms with E-state index in [4.69, 9.17) is 10.5 Å². The van der Waals surface area contributed by atoms with E-state index in [9.17, 15) is 18.8 Å². The number of amides is 3. The van der Waals surface area contributed by atoms with Crippen molar-refractivity contribution in [2.75, 3.05) is 43.5 Å². The van der Waals surface area contributed by atoms with Crippen LogP contribution in [0, 0.1) is 5.82 Å². The lowest BCUT2D eigenvalue weighted by molar-refractivity contribution is 0.0766. The van der Waals surface area contributed by atoms with Crippen molar-refractivity contribution in [1.29, 1.82) is 0 Å². The fourth-order valence-corrected chi connectivity index (χ4v) is 5.68. The Bertz CT molecular complexity index is 1460. The third-order valence-electron chi connectivity index (χ3n) is 8.16. The number of carbonyl (C=O) groups is 3. The predicted octanol–water partition coefficient (Wildman–Crippen LogP) is 4.44. The van der Waals surface area contributed by atoms with Crippen molar-refractivity contribution in [1.82, 2.24) is 10.2 Å². The maximum atomic E-state index is 13.4. The van der Waals surface area contributed by atoms with Crippen LogP contribution in [-0.2, 0) is 0 Å². The molecule has 5 rings (SSSR count). The Labute approximate surface area is 251 Å². The van der Waals surface area contributed by atoms with Crippen molar-refractivity contribution in [2.45, 2.75) is 44.2 Å². The van der Waals surface area contributed by atoms with E-state index in [2.05, 4.69) is 15.5 Å². The van der Waals surface area contributed by atoms with Gasteiger partial charge < -0.3 is 30.9 Å². The molecule has 1 aliphatic carbocycles. The molecule has 2 fully saturated rings. The van der Waals surface area contributed by atoms with Crippen LogP contribution < -0.4 is 26.0 Å². The molecule has 43 heavy (non-hydrogen) atoms. The number of ether oxygens (including phenoxy) is 1. The summed E-state index contributed by atoms with van der Waals surface area (Å²) in [6.07, 6.45) is 4.13. The number of nitrogens with one attached hydrogen (secondary N) is 2. The van der Waals surface area contributed by atoms with Crippen LogP contribution in [0.25, 0.3) is 0 Å². The first-order valence-corrected chi connectivity index (χ1v) is 14.8. The van der Waals surface area contributed by atoms with Gasteiger partial charge in [-0.1, -0.05) is 6.07 Å². The number of halogens is 1. The number of methoxy groups -OCH3 is 1. The number of nitrogens with zero attached hydrogens (tertiary/aromatic N) is 2. The van der Waals surface area contributed by atoms with Gasteiger partial charge in [0.05, 0.1) is 18.5 Å². The number of carbonyl (C=O) groups excluding carboxylic acids is 3. The van der Waals surface area contributed by atoms with Gasteiger partial charge in [-0.2, -0.15) is 0 Å². The Balaban J connectivity index is 1.37. The number of benzene rings is 3. The van der Waals surface area contributed by atoms with Crippen molar-refractivity contribution in [3.8, 4) is 5.75 Å². The summed E-state index contributed by atoms with van der Waals surface area (Å²) in [6.45, 7) is 2.15. The zero-order chi connectivity index (χ0) is 30.3. The van der Waals surface area contributed by atoms with Crippen LogP contribution in [-0.4, -0.2) is 68.0 Å². The van der Waals surface area contributed by atoms with Gasteiger partial charge in [0.15, 0.2) is 0 Å². The van der Waals surface area contributed by atoms with Gasteiger partial charge in [0.2, 0.25) is 0 Å². The Morgan fingerprint density at radius 2 is 1.56 bits per heavy atom. The van der Waals surface area contributed by atoms with E-state index in [1.165, 1.54) is 24.3 Å². The van der Waals surface area contributed by atoms with Crippen molar-refractivity contribution < 1.29 is 23.5 Å². The minimum absolute atomic E-state index is 0.0667. The van der Waals surface area contributed by atoms with Gasteiger partial charge in [0.1, 0.15) is 11.6 Å². The van der Waals surface area contributed by atoms with Crippen molar-refractivity contribution in [2.24, 2.45) is 5.73 Å². The summed E-state index contributed by atoms with van der Waals surface area (Å²) >= 11 is 0. The Morgan fingerprint density at radius 3 is 2.30 bits per heavy atom. The van der Waals surface area contributed by atoms with Crippen molar-refractivity contribution >= 4 is 29.1 Å². The van der Waals surface area contributed by atoms with E-state index in [-0.39, 0.29) is 35.6 Å². The molecular formula is C33H38FN5O4. The maximum absolute atomic E-state index is 13.4. The summed E-state index contributed by atoms with van der Waals surface area (Å²) in [6, 6.07) is 18.0. The van der Waals surface area contributed by atoms with Gasteiger partial charge in [-0.25, -0.2) is 4.39 Å². The van der Waals surface area contributed by atoms with Crippen LogP contribution in [0.2, 0.25) is 0 Å². The third-order valence-corrected chi connectivity index (χ3v) is 8.16. The van der Waals surface area contributed by atoms with E-state index in [0.717, 1.165) is 31.4 Å². The van der Waals surface area contributed by atoms with E-state index in [1.807, 2.05) is 6.07 Å². The average molecular weight is 588 g/mol. The summed E-state index contributed by atoms with van der Waals surface area (Å²) in [4.78, 5) is 43.6. The van der Waals surface area contributed by atoms with Crippen LogP contribution >= 0.6 is 0 Å². The zero-order valence-corrected chi connectivity index (χ0v) is 24.4. The largest absolute Gasteiger partial charge is 0.497 e. The number of nitrogens with two attached hydrogens (primary N) is 1. The summed E-state index contributed by atoms with van der Waals surface area (Å²) in [7, 11) is 1.54. The molecule has 1 saturated carbocycles. The molecule has 226 valence electrons. The van der Waals surface area contributed by atoms with E-state index >= 15 is 0 Å². The van der Waals surface area contributed by atoms with E-state index in [0.29, 0.717) is 60.7 Å². The van der Waals surface area contributed by atoms with Gasteiger partial charge in [-0.15, -0.1) is 0 Å². The summed E-state index contributed by atoms with van der Waals surface area (Å²) in [5, 5.41) is 6.14. The summed E-state index contributed by atoms with van der Waals surface area (Å²) in [5.41, 5.74) is 8.60. The SMILES string of the molecule is COc1cccc(C(=O)Nc2cc(C(=O)NC3CCC(N)CC3)ccc2N2CCCN(C(=O)c3ccc(F)cc3)CC2)c1. The lowest BCUT2D eigenvalue weighted by Crippen LogP contribution is -2.40. The molecule has 9 nitrogen and oxygen atoms in total. The first-order valence-electron chi connectivity index (χ1n) is 14.8. The third kappa shape index (κ3) is 7.50. The fourth-order valence-electron chi connectivity index (χ4n) is 5.68. The average Bonchev–Trinajstić information content (AvgIpc) is 3.28. The van der Waals surface area contributed by atoms with Crippen LogP contribution in [0.4, 0.5) is 15.8 Å². The highest BCUT2D eigenvalue weighted by atomic mass is 19.1. The molecule has 1 aliphatic heterocycles. The summed E-state index contributed by atoms with van der Waals surface area (Å²) < 4.78 is 18.7. The lowest BCUT2D eigenvalue weighted by atomic mass is 9.91. The molecule has 1 heterocycles. The van der Waals surface area contributed by atoms with Crippen molar-refractivity contribution in [3.63, 3.8) is 0 Å². The van der Waals surface area contributed by atoms with Crippen LogP contribution in [0.1, 0.15) is 63.2 Å². The Morgan fingerprint density at radius 1 is 0.837 bits per heavy atom. The highest BCUT2D eigenvalue weighted by Gasteiger charge is 2.25. The smallest absolute Gasteiger partial charge is 0.255 e.